The summed E-state index contributed by atoms with van der Waals surface area (Å²) >= 11 is 4.13. The highest BCUT2D eigenvalue weighted by molar-refractivity contribution is 7.81. The molecule has 0 amide bonds. The Bertz CT molecular complexity index is 125. The summed E-state index contributed by atoms with van der Waals surface area (Å²) in [5.41, 5.74) is 0. The van der Waals surface area contributed by atoms with Gasteiger partial charge >= 0.3 is 0 Å². The van der Waals surface area contributed by atoms with Gasteiger partial charge in [0.05, 0.1) is 5.25 Å². The molecule has 0 rings (SSSR count). The van der Waals surface area contributed by atoms with Gasteiger partial charge in [-0.15, -0.1) is 0 Å². The lowest BCUT2D eigenvalue weighted by Crippen LogP contribution is -1.98. The van der Waals surface area contributed by atoms with E-state index in [0.29, 0.717) is 0 Å². The minimum Gasteiger partial charge on any atom is -0.302 e. The first kappa shape index (κ1) is 14.0. The van der Waals surface area contributed by atoms with Crippen molar-refractivity contribution < 1.29 is 4.79 Å². The molecular formula is C12H24OS. The van der Waals surface area contributed by atoms with Gasteiger partial charge in [0.2, 0.25) is 0 Å². The fraction of sp³-hybridized carbons (Fsp3) is 0.917. The molecule has 0 aliphatic rings. The zero-order chi connectivity index (χ0) is 10.6. The fourth-order valence-electron chi connectivity index (χ4n) is 1.56. The third kappa shape index (κ3) is 10.1. The van der Waals surface area contributed by atoms with Crippen LogP contribution in [0.1, 0.15) is 64.7 Å². The van der Waals surface area contributed by atoms with Crippen molar-refractivity contribution in [3.8, 4) is 0 Å². The Morgan fingerprint density at radius 2 is 1.50 bits per heavy atom. The molecule has 0 saturated carbocycles. The van der Waals surface area contributed by atoms with E-state index in [-0.39, 0.29) is 5.25 Å². The van der Waals surface area contributed by atoms with Crippen LogP contribution in [0.15, 0.2) is 0 Å². The van der Waals surface area contributed by atoms with Gasteiger partial charge in [0.25, 0.3) is 0 Å². The maximum Gasteiger partial charge on any atom is 0.132 e. The minimum absolute atomic E-state index is 0.0323. The van der Waals surface area contributed by atoms with Crippen LogP contribution in [-0.4, -0.2) is 11.5 Å². The van der Waals surface area contributed by atoms with E-state index in [1.165, 1.54) is 44.9 Å². The molecule has 0 aromatic rings. The molecule has 0 bridgehead atoms. The molecule has 14 heavy (non-hydrogen) atoms. The fourth-order valence-corrected chi connectivity index (χ4v) is 1.74. The van der Waals surface area contributed by atoms with Gasteiger partial charge in [0.15, 0.2) is 0 Å². The van der Waals surface area contributed by atoms with E-state index in [1.54, 1.807) is 0 Å². The molecule has 0 fully saturated rings. The predicted octanol–water partition coefficient (Wildman–Crippen LogP) is 4.01. The van der Waals surface area contributed by atoms with Crippen molar-refractivity contribution in [2.24, 2.45) is 0 Å². The molecule has 1 unspecified atom stereocenters. The summed E-state index contributed by atoms with van der Waals surface area (Å²) in [6.45, 7) is 2.24. The van der Waals surface area contributed by atoms with Crippen LogP contribution in [0.25, 0.3) is 0 Å². The maximum atomic E-state index is 10.3. The van der Waals surface area contributed by atoms with Crippen molar-refractivity contribution in [1.82, 2.24) is 0 Å². The smallest absolute Gasteiger partial charge is 0.132 e. The average molecular weight is 216 g/mol. The van der Waals surface area contributed by atoms with Gasteiger partial charge in [0, 0.05) is 0 Å². The zero-order valence-electron chi connectivity index (χ0n) is 9.37. The molecule has 0 radical (unpaired) electrons. The lowest BCUT2D eigenvalue weighted by Gasteiger charge is -2.02. The minimum atomic E-state index is -0.0323. The van der Waals surface area contributed by atoms with Gasteiger partial charge in [-0.2, -0.15) is 12.6 Å². The van der Waals surface area contributed by atoms with Crippen molar-refractivity contribution in [2.45, 2.75) is 70.0 Å². The highest BCUT2D eigenvalue weighted by atomic mass is 32.1. The Morgan fingerprint density at radius 3 is 2.00 bits per heavy atom. The van der Waals surface area contributed by atoms with Crippen LogP contribution < -0.4 is 0 Å². The van der Waals surface area contributed by atoms with Crippen molar-refractivity contribution in [3.05, 3.63) is 0 Å². The number of rotatable bonds is 10. The molecule has 1 atom stereocenters. The third-order valence-electron chi connectivity index (χ3n) is 2.51. The first-order valence-electron chi connectivity index (χ1n) is 5.94. The Hall–Kier alpha value is 0.0200. The van der Waals surface area contributed by atoms with E-state index < -0.39 is 0 Å². The van der Waals surface area contributed by atoms with Crippen molar-refractivity contribution in [1.29, 1.82) is 0 Å². The molecule has 2 heteroatoms. The largest absolute Gasteiger partial charge is 0.302 e. The Kier molecular flexibility index (Phi) is 11.1. The first-order chi connectivity index (χ1) is 6.81. The second-order valence-corrected chi connectivity index (χ2v) is 4.63. The molecule has 0 aromatic heterocycles. The molecule has 0 aliphatic carbocycles. The number of unbranched alkanes of at least 4 members (excludes halogenated alkanes) is 7. The molecule has 84 valence electrons. The van der Waals surface area contributed by atoms with Crippen molar-refractivity contribution in [3.63, 3.8) is 0 Å². The average Bonchev–Trinajstić information content (AvgIpc) is 2.21. The van der Waals surface area contributed by atoms with Gasteiger partial charge in [-0.3, -0.25) is 0 Å². The molecule has 0 aromatic carbocycles. The van der Waals surface area contributed by atoms with Crippen LogP contribution in [-0.2, 0) is 4.79 Å². The van der Waals surface area contributed by atoms with Gasteiger partial charge in [-0.05, 0) is 6.42 Å². The van der Waals surface area contributed by atoms with Crippen LogP contribution in [0.4, 0.5) is 0 Å². The summed E-state index contributed by atoms with van der Waals surface area (Å²) < 4.78 is 0. The van der Waals surface area contributed by atoms with Gasteiger partial charge in [-0.25, -0.2) is 0 Å². The lowest BCUT2D eigenvalue weighted by atomic mass is 10.1. The topological polar surface area (TPSA) is 17.1 Å². The standard InChI is InChI=1S/C12H24OS/c1-2-3-4-5-6-7-8-9-10-12(14)11-13/h11-12,14H,2-10H2,1H3. The molecular weight excluding hydrogens is 192 g/mol. The summed E-state index contributed by atoms with van der Waals surface area (Å²) in [6.07, 6.45) is 12.4. The zero-order valence-corrected chi connectivity index (χ0v) is 10.3. The van der Waals surface area contributed by atoms with E-state index >= 15 is 0 Å². The lowest BCUT2D eigenvalue weighted by molar-refractivity contribution is -0.107. The Morgan fingerprint density at radius 1 is 1.00 bits per heavy atom. The third-order valence-corrected chi connectivity index (χ3v) is 2.89. The number of carbonyl (C=O) groups is 1. The number of carbonyl (C=O) groups excluding carboxylic acids is 1. The van der Waals surface area contributed by atoms with Gasteiger partial charge < -0.3 is 4.79 Å². The summed E-state index contributed by atoms with van der Waals surface area (Å²) in [7, 11) is 0. The highest BCUT2D eigenvalue weighted by Gasteiger charge is 1.99. The Balaban J connectivity index is 2.95. The molecule has 0 aliphatic heterocycles. The quantitative estimate of drug-likeness (QED) is 0.332. The van der Waals surface area contributed by atoms with E-state index in [4.69, 9.17) is 0 Å². The van der Waals surface area contributed by atoms with Crippen LogP contribution >= 0.6 is 12.6 Å². The van der Waals surface area contributed by atoms with Crippen LogP contribution in [0.3, 0.4) is 0 Å². The highest BCUT2D eigenvalue weighted by Crippen LogP contribution is 2.11. The van der Waals surface area contributed by atoms with E-state index in [1.807, 2.05) is 0 Å². The Labute approximate surface area is 94.1 Å². The second kappa shape index (κ2) is 11.1. The molecule has 0 heterocycles. The van der Waals surface area contributed by atoms with E-state index in [9.17, 15) is 4.79 Å². The monoisotopic (exact) mass is 216 g/mol. The maximum absolute atomic E-state index is 10.3. The summed E-state index contributed by atoms with van der Waals surface area (Å²) in [4.78, 5) is 10.3. The van der Waals surface area contributed by atoms with Crippen LogP contribution in [0.2, 0.25) is 0 Å². The summed E-state index contributed by atoms with van der Waals surface area (Å²) in [5.74, 6) is 0. The summed E-state index contributed by atoms with van der Waals surface area (Å²) in [6, 6.07) is 0. The van der Waals surface area contributed by atoms with Crippen molar-refractivity contribution in [2.75, 3.05) is 0 Å². The number of hydrogen-bond acceptors (Lipinski definition) is 2. The normalized spacial score (nSPS) is 12.7. The van der Waals surface area contributed by atoms with E-state index in [2.05, 4.69) is 19.6 Å². The summed E-state index contributed by atoms with van der Waals surface area (Å²) in [5, 5.41) is -0.0323. The molecule has 1 nitrogen and oxygen atoms in total. The second-order valence-electron chi connectivity index (χ2n) is 3.97. The van der Waals surface area contributed by atoms with Crippen molar-refractivity contribution >= 4 is 18.9 Å². The molecule has 0 N–H and O–H groups in total. The van der Waals surface area contributed by atoms with E-state index in [0.717, 1.165) is 19.1 Å². The first-order valence-corrected chi connectivity index (χ1v) is 6.46. The van der Waals surface area contributed by atoms with Crippen LogP contribution in [0, 0.1) is 0 Å². The molecule has 0 saturated heterocycles. The van der Waals surface area contributed by atoms with Gasteiger partial charge in [0.1, 0.15) is 6.29 Å². The number of thiol groups is 1. The van der Waals surface area contributed by atoms with Crippen LogP contribution in [0.5, 0.6) is 0 Å². The number of aldehydes is 1. The van der Waals surface area contributed by atoms with Gasteiger partial charge in [-0.1, -0.05) is 58.3 Å². The molecule has 0 spiro atoms. The SMILES string of the molecule is CCCCCCCCCCC(S)C=O. The predicted molar refractivity (Wildman–Crippen MR) is 66.1 cm³/mol. The number of hydrogen-bond donors (Lipinski definition) is 1.